The largest absolute Gasteiger partial charge is 0.399 e. The Labute approximate surface area is 137 Å². The van der Waals surface area contributed by atoms with Crippen molar-refractivity contribution in [2.45, 2.75) is 18.2 Å². The molecule has 0 radical (unpaired) electrons. The van der Waals surface area contributed by atoms with Crippen molar-refractivity contribution in [3.63, 3.8) is 0 Å². The summed E-state index contributed by atoms with van der Waals surface area (Å²) >= 11 is 0. The molecular formula is C18H20N2O2S. The van der Waals surface area contributed by atoms with Gasteiger partial charge in [-0.25, -0.2) is 8.42 Å². The summed E-state index contributed by atoms with van der Waals surface area (Å²) in [5, 5.41) is 0. The van der Waals surface area contributed by atoms with Gasteiger partial charge in [-0.2, -0.15) is 4.31 Å². The van der Waals surface area contributed by atoms with Crippen LogP contribution >= 0.6 is 0 Å². The molecule has 2 aromatic rings. The highest BCUT2D eigenvalue weighted by Crippen LogP contribution is 2.30. The third-order valence-corrected chi connectivity index (χ3v) is 6.09. The quantitative estimate of drug-likeness (QED) is 0.881. The van der Waals surface area contributed by atoms with Gasteiger partial charge in [0.1, 0.15) is 0 Å². The van der Waals surface area contributed by atoms with E-state index in [9.17, 15) is 8.42 Å². The number of nitrogens with two attached hydrogens (primary N) is 1. The number of rotatable bonds is 3. The van der Waals surface area contributed by atoms with E-state index in [1.165, 1.54) is 5.57 Å². The maximum Gasteiger partial charge on any atom is 0.243 e. The molecular weight excluding hydrogens is 308 g/mol. The predicted octanol–water partition coefficient (Wildman–Crippen LogP) is 3.14. The maximum atomic E-state index is 12.8. The highest BCUT2D eigenvalue weighted by Gasteiger charge is 2.28. The van der Waals surface area contributed by atoms with Crippen molar-refractivity contribution >= 4 is 21.3 Å². The van der Waals surface area contributed by atoms with Gasteiger partial charge in [0, 0.05) is 18.8 Å². The smallest absolute Gasteiger partial charge is 0.243 e. The van der Waals surface area contributed by atoms with Crippen LogP contribution < -0.4 is 5.73 Å². The van der Waals surface area contributed by atoms with E-state index in [0.29, 0.717) is 23.7 Å². The van der Waals surface area contributed by atoms with Crippen LogP contribution in [0.15, 0.2) is 65.1 Å². The minimum Gasteiger partial charge on any atom is -0.399 e. The first kappa shape index (κ1) is 15.8. The topological polar surface area (TPSA) is 63.4 Å². The summed E-state index contributed by atoms with van der Waals surface area (Å²) in [6, 6.07) is 16.2. The predicted molar refractivity (Wildman–Crippen MR) is 93.3 cm³/mol. The average Bonchev–Trinajstić information content (AvgIpc) is 2.57. The Hall–Kier alpha value is -2.11. The lowest BCUT2D eigenvalue weighted by Gasteiger charge is -2.29. The molecule has 1 aliphatic rings. The molecule has 0 amide bonds. The second kappa shape index (κ2) is 6.18. The Balaban J connectivity index is 1.92. The minimum absolute atomic E-state index is 0.344. The number of nitrogen functional groups attached to an aromatic ring is 1. The molecule has 0 saturated carbocycles. The SMILES string of the molecule is CC1=C(c2ccc(N)cc2)CN(S(=O)(=O)c2ccccc2)CC1. The van der Waals surface area contributed by atoms with Gasteiger partial charge in [0.05, 0.1) is 4.90 Å². The molecule has 0 spiro atoms. The molecule has 23 heavy (non-hydrogen) atoms. The lowest BCUT2D eigenvalue weighted by atomic mass is 9.96. The molecule has 0 atom stereocenters. The summed E-state index contributed by atoms with van der Waals surface area (Å²) in [6.07, 6.45) is 0.742. The number of sulfonamides is 1. The summed E-state index contributed by atoms with van der Waals surface area (Å²) in [4.78, 5) is 0.344. The summed E-state index contributed by atoms with van der Waals surface area (Å²) in [5.41, 5.74) is 9.77. The van der Waals surface area contributed by atoms with Crippen LogP contribution in [0.1, 0.15) is 18.9 Å². The van der Waals surface area contributed by atoms with Crippen molar-refractivity contribution < 1.29 is 8.42 Å². The van der Waals surface area contributed by atoms with E-state index in [2.05, 4.69) is 6.92 Å². The second-order valence-electron chi connectivity index (χ2n) is 5.78. The Bertz CT molecular complexity index is 825. The first-order valence-corrected chi connectivity index (χ1v) is 9.02. The average molecular weight is 328 g/mol. The molecule has 0 bridgehead atoms. The van der Waals surface area contributed by atoms with Crippen molar-refractivity contribution in [3.05, 3.63) is 65.7 Å². The van der Waals surface area contributed by atoms with E-state index in [1.807, 2.05) is 30.3 Å². The molecule has 5 heteroatoms. The molecule has 1 heterocycles. The van der Waals surface area contributed by atoms with Gasteiger partial charge in [-0.05, 0) is 48.7 Å². The van der Waals surface area contributed by atoms with Crippen LogP contribution in [0.2, 0.25) is 0 Å². The van der Waals surface area contributed by atoms with Gasteiger partial charge >= 0.3 is 0 Å². The van der Waals surface area contributed by atoms with Crippen LogP contribution in [-0.4, -0.2) is 25.8 Å². The minimum atomic E-state index is -3.46. The highest BCUT2D eigenvalue weighted by molar-refractivity contribution is 7.89. The van der Waals surface area contributed by atoms with Crippen molar-refractivity contribution in [1.82, 2.24) is 4.31 Å². The molecule has 4 nitrogen and oxygen atoms in total. The van der Waals surface area contributed by atoms with Gasteiger partial charge in [0.25, 0.3) is 0 Å². The molecule has 0 aromatic heterocycles. The number of nitrogens with zero attached hydrogens (tertiary/aromatic N) is 1. The fourth-order valence-corrected chi connectivity index (χ4v) is 4.23. The highest BCUT2D eigenvalue weighted by atomic mass is 32.2. The zero-order chi connectivity index (χ0) is 16.4. The molecule has 0 aliphatic carbocycles. The number of hydrogen-bond donors (Lipinski definition) is 1. The molecule has 1 aliphatic heterocycles. The van der Waals surface area contributed by atoms with Crippen LogP contribution in [0.3, 0.4) is 0 Å². The van der Waals surface area contributed by atoms with Crippen LogP contribution in [0.4, 0.5) is 5.69 Å². The molecule has 0 unspecified atom stereocenters. The zero-order valence-corrected chi connectivity index (χ0v) is 13.9. The molecule has 2 N–H and O–H groups in total. The van der Waals surface area contributed by atoms with E-state index in [4.69, 9.17) is 5.73 Å². The first-order chi connectivity index (χ1) is 11.0. The number of hydrogen-bond acceptors (Lipinski definition) is 3. The van der Waals surface area contributed by atoms with Gasteiger partial charge in [-0.3, -0.25) is 0 Å². The summed E-state index contributed by atoms with van der Waals surface area (Å²) in [7, 11) is -3.46. The fraction of sp³-hybridized carbons (Fsp3) is 0.222. The lowest BCUT2D eigenvalue weighted by Crippen LogP contribution is -2.36. The summed E-state index contributed by atoms with van der Waals surface area (Å²) in [5.74, 6) is 0. The molecule has 0 fully saturated rings. The zero-order valence-electron chi connectivity index (χ0n) is 13.1. The number of anilines is 1. The van der Waals surface area contributed by atoms with E-state index in [-0.39, 0.29) is 0 Å². The van der Waals surface area contributed by atoms with Gasteiger partial charge < -0.3 is 5.73 Å². The monoisotopic (exact) mass is 328 g/mol. The van der Waals surface area contributed by atoms with Crippen LogP contribution in [0.5, 0.6) is 0 Å². The van der Waals surface area contributed by atoms with Gasteiger partial charge in [-0.1, -0.05) is 35.9 Å². The molecule has 120 valence electrons. The van der Waals surface area contributed by atoms with Crippen LogP contribution in [0, 0.1) is 0 Å². The summed E-state index contributed by atoms with van der Waals surface area (Å²) < 4.78 is 27.2. The van der Waals surface area contributed by atoms with E-state index in [1.54, 1.807) is 28.6 Å². The molecule has 2 aromatic carbocycles. The Morgan fingerprint density at radius 2 is 1.65 bits per heavy atom. The Morgan fingerprint density at radius 3 is 2.30 bits per heavy atom. The van der Waals surface area contributed by atoms with Crippen LogP contribution in [-0.2, 0) is 10.0 Å². The standard InChI is InChI=1S/C18H20N2O2S/c1-14-11-12-20(23(21,22)17-5-3-2-4-6-17)13-18(14)15-7-9-16(19)10-8-15/h2-10H,11-13,19H2,1H3. The van der Waals surface area contributed by atoms with Gasteiger partial charge in [0.15, 0.2) is 0 Å². The third kappa shape index (κ3) is 3.16. The Kier molecular flexibility index (Phi) is 4.24. The second-order valence-corrected chi connectivity index (χ2v) is 7.72. The first-order valence-electron chi connectivity index (χ1n) is 7.58. The van der Waals surface area contributed by atoms with Crippen molar-refractivity contribution in [2.24, 2.45) is 0 Å². The lowest BCUT2D eigenvalue weighted by molar-refractivity contribution is 0.437. The normalized spacial score (nSPS) is 16.6. The van der Waals surface area contributed by atoms with Crippen LogP contribution in [0.25, 0.3) is 5.57 Å². The van der Waals surface area contributed by atoms with E-state index >= 15 is 0 Å². The van der Waals surface area contributed by atoms with Gasteiger partial charge in [0.2, 0.25) is 10.0 Å². The van der Waals surface area contributed by atoms with Crippen molar-refractivity contribution in [3.8, 4) is 0 Å². The number of benzene rings is 2. The van der Waals surface area contributed by atoms with E-state index in [0.717, 1.165) is 17.6 Å². The molecule has 3 rings (SSSR count). The summed E-state index contributed by atoms with van der Waals surface area (Å²) in [6.45, 7) is 2.98. The van der Waals surface area contributed by atoms with Gasteiger partial charge in [-0.15, -0.1) is 0 Å². The Morgan fingerprint density at radius 1 is 1.00 bits per heavy atom. The third-order valence-electron chi connectivity index (χ3n) is 4.23. The molecule has 0 saturated heterocycles. The fourth-order valence-electron chi connectivity index (χ4n) is 2.80. The van der Waals surface area contributed by atoms with Crippen molar-refractivity contribution in [1.29, 1.82) is 0 Å². The van der Waals surface area contributed by atoms with E-state index < -0.39 is 10.0 Å². The maximum absolute atomic E-state index is 12.8. The van der Waals surface area contributed by atoms with Crippen molar-refractivity contribution in [2.75, 3.05) is 18.8 Å².